The average molecular weight is 555 g/mol. The Bertz CT molecular complexity index is 1350. The van der Waals surface area contributed by atoms with E-state index in [9.17, 15) is 19.8 Å². The number of carbonyl (C=O) groups is 2. The second-order valence-electron chi connectivity index (χ2n) is 12.0. The van der Waals surface area contributed by atoms with Gasteiger partial charge in [-0.15, -0.1) is 0 Å². The Balaban J connectivity index is 1.96. The SMILES string of the molecule is CCCCC(CC)CC1(CC(CC)CCCC)c2ccccc2-c2ccc(-c3cccc(C(=O)O)c3C(=O)O)cc21. The van der Waals surface area contributed by atoms with E-state index in [1.54, 1.807) is 12.1 Å². The van der Waals surface area contributed by atoms with Crippen molar-refractivity contribution in [2.24, 2.45) is 11.8 Å². The number of hydrogen-bond acceptors (Lipinski definition) is 2. The van der Waals surface area contributed by atoms with Crippen LogP contribution in [0.25, 0.3) is 22.3 Å². The highest BCUT2D eigenvalue weighted by molar-refractivity contribution is 6.06. The number of benzene rings is 3. The van der Waals surface area contributed by atoms with Gasteiger partial charge in [-0.05, 0) is 70.2 Å². The lowest BCUT2D eigenvalue weighted by Gasteiger charge is -2.39. The lowest BCUT2D eigenvalue weighted by Crippen LogP contribution is -2.31. The van der Waals surface area contributed by atoms with Gasteiger partial charge in [0.05, 0.1) is 11.1 Å². The average Bonchev–Trinajstić information content (AvgIpc) is 3.25. The number of carboxylic acid groups (broad SMARTS) is 2. The molecule has 0 heterocycles. The van der Waals surface area contributed by atoms with E-state index in [2.05, 4.69) is 64.1 Å². The summed E-state index contributed by atoms with van der Waals surface area (Å²) in [5.74, 6) is -1.27. The van der Waals surface area contributed by atoms with Crippen molar-refractivity contribution in [1.82, 2.24) is 0 Å². The third-order valence-electron chi connectivity index (χ3n) is 9.45. The molecule has 0 aromatic heterocycles. The second kappa shape index (κ2) is 13.5. The fourth-order valence-corrected chi connectivity index (χ4v) is 7.22. The molecule has 2 N–H and O–H groups in total. The number of hydrogen-bond donors (Lipinski definition) is 2. The molecule has 4 rings (SSSR count). The molecule has 2 atom stereocenters. The fraction of sp³-hybridized carbons (Fsp3) is 0.459. The summed E-state index contributed by atoms with van der Waals surface area (Å²) in [5, 5.41) is 19.9. The Morgan fingerprint density at radius 2 is 1.27 bits per heavy atom. The van der Waals surface area contributed by atoms with Crippen LogP contribution in [-0.2, 0) is 5.41 Å². The minimum atomic E-state index is -1.23. The van der Waals surface area contributed by atoms with E-state index < -0.39 is 11.9 Å². The van der Waals surface area contributed by atoms with Gasteiger partial charge in [-0.3, -0.25) is 0 Å². The maximum atomic E-state index is 12.4. The van der Waals surface area contributed by atoms with E-state index in [0.29, 0.717) is 17.4 Å². The standard InChI is InChI=1S/C37H46O4/c1-5-9-14-25(7-3)23-37(24-26(8-4)15-10-6-2)32-19-12-11-16-29(32)30-21-20-27(22-33(30)37)28-17-13-18-31(35(38)39)34(28)36(40)41/h11-13,16-22,25-26H,5-10,14-15,23-24H2,1-4H3,(H,38,39)(H,40,41). The van der Waals surface area contributed by atoms with Crippen molar-refractivity contribution >= 4 is 11.9 Å². The van der Waals surface area contributed by atoms with Crippen molar-refractivity contribution in [3.63, 3.8) is 0 Å². The van der Waals surface area contributed by atoms with Gasteiger partial charge in [-0.2, -0.15) is 0 Å². The monoisotopic (exact) mass is 554 g/mol. The molecule has 2 unspecified atom stereocenters. The Hall–Kier alpha value is -3.40. The molecule has 41 heavy (non-hydrogen) atoms. The van der Waals surface area contributed by atoms with E-state index in [4.69, 9.17) is 0 Å². The van der Waals surface area contributed by atoms with Gasteiger partial charge in [-0.25, -0.2) is 9.59 Å². The van der Waals surface area contributed by atoms with Gasteiger partial charge in [0.1, 0.15) is 0 Å². The summed E-state index contributed by atoms with van der Waals surface area (Å²) in [6.07, 6.45) is 11.6. The van der Waals surface area contributed by atoms with Gasteiger partial charge in [0.15, 0.2) is 0 Å². The molecule has 0 saturated heterocycles. The van der Waals surface area contributed by atoms with Crippen LogP contribution in [0, 0.1) is 11.8 Å². The van der Waals surface area contributed by atoms with Gasteiger partial charge in [-0.1, -0.05) is 128 Å². The van der Waals surface area contributed by atoms with Gasteiger partial charge < -0.3 is 10.2 Å². The van der Waals surface area contributed by atoms with Crippen LogP contribution in [0.5, 0.6) is 0 Å². The molecular formula is C37H46O4. The zero-order valence-corrected chi connectivity index (χ0v) is 25.2. The summed E-state index contributed by atoms with van der Waals surface area (Å²) >= 11 is 0. The van der Waals surface area contributed by atoms with Crippen molar-refractivity contribution in [1.29, 1.82) is 0 Å². The van der Waals surface area contributed by atoms with Crippen molar-refractivity contribution in [3.05, 3.63) is 82.9 Å². The highest BCUT2D eigenvalue weighted by atomic mass is 16.4. The molecule has 3 aromatic rings. The van der Waals surface area contributed by atoms with Crippen LogP contribution in [0.2, 0.25) is 0 Å². The summed E-state index contributed by atoms with van der Waals surface area (Å²) in [6.45, 7) is 9.16. The van der Waals surface area contributed by atoms with E-state index in [1.165, 1.54) is 66.8 Å². The summed E-state index contributed by atoms with van der Waals surface area (Å²) in [6, 6.07) is 19.9. The largest absolute Gasteiger partial charge is 0.478 e. The molecule has 0 bridgehead atoms. The van der Waals surface area contributed by atoms with E-state index in [1.807, 2.05) is 6.07 Å². The molecule has 0 spiro atoms. The Morgan fingerprint density at radius 3 is 1.83 bits per heavy atom. The van der Waals surface area contributed by atoms with E-state index in [0.717, 1.165) is 31.2 Å². The zero-order chi connectivity index (χ0) is 29.6. The molecule has 0 radical (unpaired) electrons. The first-order valence-electron chi connectivity index (χ1n) is 15.6. The minimum absolute atomic E-state index is 0.148. The molecule has 3 aromatic carbocycles. The Labute approximate surface area is 245 Å². The summed E-state index contributed by atoms with van der Waals surface area (Å²) < 4.78 is 0. The third kappa shape index (κ3) is 6.12. The van der Waals surface area contributed by atoms with Crippen LogP contribution < -0.4 is 0 Å². The van der Waals surface area contributed by atoms with Crippen molar-refractivity contribution in [2.45, 2.75) is 97.3 Å². The number of rotatable bonds is 15. The van der Waals surface area contributed by atoms with Crippen LogP contribution >= 0.6 is 0 Å². The van der Waals surface area contributed by atoms with Gasteiger partial charge >= 0.3 is 11.9 Å². The molecule has 1 aliphatic rings. The molecule has 1 aliphatic carbocycles. The maximum absolute atomic E-state index is 12.4. The van der Waals surface area contributed by atoms with Crippen LogP contribution in [0.1, 0.15) is 124 Å². The van der Waals surface area contributed by atoms with Crippen LogP contribution in [0.3, 0.4) is 0 Å². The smallest absolute Gasteiger partial charge is 0.337 e. The van der Waals surface area contributed by atoms with Crippen molar-refractivity contribution in [2.75, 3.05) is 0 Å². The number of carboxylic acids is 2. The molecule has 0 amide bonds. The minimum Gasteiger partial charge on any atom is -0.478 e. The normalized spacial score (nSPS) is 17.1. The molecule has 0 saturated carbocycles. The zero-order valence-electron chi connectivity index (χ0n) is 25.2. The van der Waals surface area contributed by atoms with Crippen LogP contribution in [0.4, 0.5) is 0 Å². The van der Waals surface area contributed by atoms with Crippen molar-refractivity contribution < 1.29 is 19.8 Å². The Morgan fingerprint density at radius 1 is 0.683 bits per heavy atom. The lowest BCUT2D eigenvalue weighted by molar-refractivity contribution is 0.0652. The summed E-state index contributed by atoms with van der Waals surface area (Å²) in [7, 11) is 0. The second-order valence-corrected chi connectivity index (χ2v) is 12.0. The first kappa shape index (κ1) is 30.6. The van der Waals surface area contributed by atoms with Crippen LogP contribution in [0.15, 0.2) is 60.7 Å². The van der Waals surface area contributed by atoms with Crippen LogP contribution in [-0.4, -0.2) is 22.2 Å². The number of fused-ring (bicyclic) bond motifs is 3. The predicted molar refractivity (Wildman–Crippen MR) is 168 cm³/mol. The highest BCUT2D eigenvalue weighted by Crippen LogP contribution is 2.57. The fourth-order valence-electron chi connectivity index (χ4n) is 7.22. The summed E-state index contributed by atoms with van der Waals surface area (Å²) in [4.78, 5) is 24.3. The molecule has 218 valence electrons. The molecule has 0 aliphatic heterocycles. The third-order valence-corrected chi connectivity index (χ3v) is 9.45. The maximum Gasteiger partial charge on any atom is 0.337 e. The van der Waals surface area contributed by atoms with Crippen molar-refractivity contribution in [3.8, 4) is 22.3 Å². The quantitative estimate of drug-likeness (QED) is 0.196. The number of aromatic carboxylic acids is 2. The molecular weight excluding hydrogens is 508 g/mol. The topological polar surface area (TPSA) is 74.6 Å². The Kier molecular flexibility index (Phi) is 10.1. The predicted octanol–water partition coefficient (Wildman–Crippen LogP) is 10.2. The lowest BCUT2D eigenvalue weighted by atomic mass is 9.65. The first-order valence-corrected chi connectivity index (χ1v) is 15.6. The van der Waals surface area contributed by atoms with E-state index in [-0.39, 0.29) is 16.5 Å². The molecule has 4 heteroatoms. The van der Waals surface area contributed by atoms with Gasteiger partial charge in [0.2, 0.25) is 0 Å². The van der Waals surface area contributed by atoms with Gasteiger partial charge in [0, 0.05) is 5.41 Å². The first-order chi connectivity index (χ1) is 19.8. The number of unbranched alkanes of at least 4 members (excludes halogenated alkanes) is 2. The molecule has 0 fully saturated rings. The van der Waals surface area contributed by atoms with E-state index >= 15 is 0 Å². The highest BCUT2D eigenvalue weighted by Gasteiger charge is 2.45. The summed E-state index contributed by atoms with van der Waals surface area (Å²) in [5.41, 5.74) is 5.91. The molecule has 4 nitrogen and oxygen atoms in total. The van der Waals surface area contributed by atoms with Gasteiger partial charge in [0.25, 0.3) is 0 Å².